The number of rotatable bonds is 5. The number of imidazole rings is 1. The zero-order valence-electron chi connectivity index (χ0n) is 19.9. The number of nitrogens with one attached hydrogen (secondary N) is 2. The molecule has 12 heteroatoms. The molecule has 1 saturated heterocycles. The number of amides is 2. The highest BCUT2D eigenvalue weighted by Crippen LogP contribution is 2.42. The first kappa shape index (κ1) is 26.4. The van der Waals surface area contributed by atoms with E-state index in [2.05, 4.69) is 9.97 Å². The van der Waals surface area contributed by atoms with Crippen molar-refractivity contribution in [1.82, 2.24) is 14.9 Å². The third-order valence-corrected chi connectivity index (χ3v) is 6.50. The number of phenols is 2. The van der Waals surface area contributed by atoms with Crippen LogP contribution in [0.15, 0.2) is 48.5 Å². The summed E-state index contributed by atoms with van der Waals surface area (Å²) < 4.78 is 14.1. The number of hydrogen-bond acceptors (Lipinski definition) is 6. The van der Waals surface area contributed by atoms with Crippen LogP contribution in [0.4, 0.5) is 4.39 Å². The van der Waals surface area contributed by atoms with Gasteiger partial charge in [0, 0.05) is 28.8 Å². The van der Waals surface area contributed by atoms with E-state index in [0.717, 1.165) is 18.2 Å². The van der Waals surface area contributed by atoms with E-state index in [-0.39, 0.29) is 57.8 Å². The first-order valence-electron chi connectivity index (χ1n) is 11.4. The molecule has 5 rings (SSSR count). The molecule has 196 valence electrons. The van der Waals surface area contributed by atoms with Crippen LogP contribution in [0.5, 0.6) is 11.5 Å². The first-order chi connectivity index (χ1) is 17.6. The number of nitrogens with two attached hydrogens (primary N) is 2. The fraction of sp³-hybridized carbons (Fsp3) is 0.154. The number of aromatic amines is 1. The Balaban J connectivity index is 0.00000336. The largest absolute Gasteiger partial charge is 0.507 e. The number of amidine groups is 1. The van der Waals surface area contributed by atoms with E-state index in [4.69, 9.17) is 16.9 Å². The van der Waals surface area contributed by atoms with E-state index in [1.807, 2.05) is 0 Å². The molecule has 1 aliphatic heterocycles. The zero-order chi connectivity index (χ0) is 26.4. The van der Waals surface area contributed by atoms with Crippen LogP contribution in [0.3, 0.4) is 0 Å². The summed E-state index contributed by atoms with van der Waals surface area (Å²) in [5, 5.41) is 29.3. The minimum absolute atomic E-state index is 0. The van der Waals surface area contributed by atoms with E-state index in [1.54, 1.807) is 18.2 Å². The van der Waals surface area contributed by atoms with Gasteiger partial charge in [-0.05, 0) is 61.4 Å². The van der Waals surface area contributed by atoms with E-state index in [9.17, 15) is 24.2 Å². The van der Waals surface area contributed by atoms with E-state index in [0.29, 0.717) is 36.0 Å². The lowest BCUT2D eigenvalue weighted by Crippen LogP contribution is -2.43. The van der Waals surface area contributed by atoms with Crippen molar-refractivity contribution in [3.05, 3.63) is 65.5 Å². The number of nitrogens with zero attached hydrogens (tertiary/aromatic N) is 2. The standard InChI is InChI=1S/C26H23FN6O4.ClH/c27-14-4-6-21(34)15(11-14)16-8-13(26(37)33-7-1-2-20(33)24(30)36)9-17(22(16)35)25-31-18-5-3-12(23(28)29)10-19(18)32-25;/h3-6,8-11,20,34-35H,1-2,7H2,(H3,28,29)(H2,30,36)(H,31,32);1H/t20-;/m0./s1. The first-order valence-corrected chi connectivity index (χ1v) is 11.4. The number of phenolic OH excluding ortho intramolecular Hbond substituents is 2. The Morgan fingerprint density at radius 3 is 2.47 bits per heavy atom. The SMILES string of the molecule is Cl.N=C(N)c1ccc2nc(-c3cc(C(=O)N4CCC[C@H]4C(N)=O)cc(-c4cc(F)ccc4O)c3O)[nH]c2c1. The van der Waals surface area contributed by atoms with Crippen LogP contribution >= 0.6 is 12.4 Å². The molecule has 0 unspecified atom stereocenters. The number of fused-ring (bicyclic) bond motifs is 1. The van der Waals surface area contributed by atoms with Crippen molar-refractivity contribution in [2.45, 2.75) is 18.9 Å². The van der Waals surface area contributed by atoms with Crippen LogP contribution in [0.25, 0.3) is 33.5 Å². The van der Waals surface area contributed by atoms with Crippen molar-refractivity contribution < 1.29 is 24.2 Å². The maximum atomic E-state index is 14.1. The third-order valence-electron chi connectivity index (χ3n) is 6.50. The van der Waals surface area contributed by atoms with Crippen LogP contribution in [-0.4, -0.2) is 55.3 Å². The molecule has 3 aromatic carbocycles. The van der Waals surface area contributed by atoms with E-state index < -0.39 is 23.7 Å². The lowest BCUT2D eigenvalue weighted by atomic mass is 9.96. The Morgan fingerprint density at radius 2 is 1.76 bits per heavy atom. The van der Waals surface area contributed by atoms with Gasteiger partial charge in [-0.15, -0.1) is 12.4 Å². The lowest BCUT2D eigenvalue weighted by molar-refractivity contribution is -0.121. The summed E-state index contributed by atoms with van der Waals surface area (Å²) in [5.74, 6) is -2.38. The molecule has 10 nitrogen and oxygen atoms in total. The third kappa shape index (κ3) is 4.59. The van der Waals surface area contributed by atoms with Crippen LogP contribution in [-0.2, 0) is 4.79 Å². The minimum Gasteiger partial charge on any atom is -0.507 e. The number of H-pyrrole nitrogens is 1. The molecule has 8 N–H and O–H groups in total. The summed E-state index contributed by atoms with van der Waals surface area (Å²) in [6, 6.07) is 10.1. The molecule has 1 fully saturated rings. The summed E-state index contributed by atoms with van der Waals surface area (Å²) in [4.78, 5) is 34.3. The Labute approximate surface area is 222 Å². The average Bonchev–Trinajstić information content (AvgIpc) is 3.52. The molecule has 0 radical (unpaired) electrons. The second-order valence-electron chi connectivity index (χ2n) is 8.87. The van der Waals surface area contributed by atoms with Crippen molar-refractivity contribution in [3.63, 3.8) is 0 Å². The summed E-state index contributed by atoms with van der Waals surface area (Å²) in [6.45, 7) is 0.321. The number of hydrogen-bond donors (Lipinski definition) is 6. The topological polar surface area (TPSA) is 182 Å². The van der Waals surface area contributed by atoms with Gasteiger partial charge in [0.05, 0.1) is 16.6 Å². The molecular weight excluding hydrogens is 515 g/mol. The van der Waals surface area contributed by atoms with Crippen LogP contribution in [0, 0.1) is 11.2 Å². The zero-order valence-corrected chi connectivity index (χ0v) is 20.7. The number of aromatic hydroxyl groups is 2. The Kier molecular flexibility index (Phi) is 6.97. The lowest BCUT2D eigenvalue weighted by Gasteiger charge is -2.23. The van der Waals surface area contributed by atoms with Crippen molar-refractivity contribution in [2.75, 3.05) is 6.54 Å². The average molecular weight is 539 g/mol. The normalized spacial score (nSPS) is 14.9. The van der Waals surface area contributed by atoms with Gasteiger partial charge in [0.1, 0.15) is 35.0 Å². The highest BCUT2D eigenvalue weighted by molar-refractivity contribution is 6.02. The molecule has 4 aromatic rings. The summed E-state index contributed by atoms with van der Waals surface area (Å²) >= 11 is 0. The fourth-order valence-electron chi connectivity index (χ4n) is 4.64. The number of likely N-dealkylation sites (tertiary alicyclic amines) is 1. The summed E-state index contributed by atoms with van der Waals surface area (Å²) in [6.07, 6.45) is 1.04. The van der Waals surface area contributed by atoms with Gasteiger partial charge in [0.15, 0.2) is 0 Å². The molecule has 38 heavy (non-hydrogen) atoms. The van der Waals surface area contributed by atoms with Crippen molar-refractivity contribution >= 4 is 41.1 Å². The van der Waals surface area contributed by atoms with Gasteiger partial charge < -0.3 is 31.6 Å². The monoisotopic (exact) mass is 538 g/mol. The molecule has 2 heterocycles. The second-order valence-corrected chi connectivity index (χ2v) is 8.87. The number of primary amides is 1. The highest BCUT2D eigenvalue weighted by atomic mass is 35.5. The Bertz CT molecular complexity index is 1600. The van der Waals surface area contributed by atoms with Gasteiger partial charge in [-0.2, -0.15) is 0 Å². The number of benzene rings is 3. The molecule has 0 bridgehead atoms. The summed E-state index contributed by atoms with van der Waals surface area (Å²) in [7, 11) is 0. The van der Waals surface area contributed by atoms with Crippen molar-refractivity contribution in [1.29, 1.82) is 5.41 Å². The van der Waals surface area contributed by atoms with Gasteiger partial charge in [-0.1, -0.05) is 0 Å². The van der Waals surface area contributed by atoms with Gasteiger partial charge in [-0.3, -0.25) is 15.0 Å². The summed E-state index contributed by atoms with van der Waals surface area (Å²) in [5.41, 5.74) is 12.8. The van der Waals surface area contributed by atoms with E-state index >= 15 is 0 Å². The molecular formula is C26H24ClFN6O4. The Hall–Kier alpha value is -4.64. The number of halogens is 2. The highest BCUT2D eigenvalue weighted by Gasteiger charge is 2.34. The van der Waals surface area contributed by atoms with Crippen molar-refractivity contribution in [2.24, 2.45) is 11.5 Å². The molecule has 0 aliphatic carbocycles. The van der Waals surface area contributed by atoms with Gasteiger partial charge in [0.25, 0.3) is 5.91 Å². The van der Waals surface area contributed by atoms with Crippen LogP contribution < -0.4 is 11.5 Å². The number of nitrogen functional groups attached to an aromatic ring is 1. The predicted molar refractivity (Wildman–Crippen MR) is 142 cm³/mol. The van der Waals surface area contributed by atoms with Crippen LogP contribution in [0.2, 0.25) is 0 Å². The maximum absolute atomic E-state index is 14.1. The quantitative estimate of drug-likeness (QED) is 0.167. The maximum Gasteiger partial charge on any atom is 0.254 e. The number of carbonyl (C=O) groups is 2. The molecule has 0 saturated carbocycles. The minimum atomic E-state index is -0.771. The smallest absolute Gasteiger partial charge is 0.254 e. The predicted octanol–water partition coefficient (Wildman–Crippen LogP) is 3.24. The second kappa shape index (κ2) is 10.0. The number of carbonyl (C=O) groups excluding carboxylic acids is 2. The molecule has 1 aliphatic rings. The molecule has 2 amide bonds. The number of aromatic nitrogens is 2. The molecule has 0 spiro atoms. The molecule has 1 atom stereocenters. The Morgan fingerprint density at radius 1 is 1.03 bits per heavy atom. The molecule has 1 aromatic heterocycles. The van der Waals surface area contributed by atoms with Gasteiger partial charge in [0.2, 0.25) is 5.91 Å². The van der Waals surface area contributed by atoms with E-state index in [1.165, 1.54) is 17.0 Å². The van der Waals surface area contributed by atoms with Crippen molar-refractivity contribution in [3.8, 4) is 34.0 Å². The van der Waals surface area contributed by atoms with Crippen LogP contribution in [0.1, 0.15) is 28.8 Å². The van der Waals surface area contributed by atoms with Gasteiger partial charge in [-0.25, -0.2) is 9.37 Å². The van der Waals surface area contributed by atoms with Gasteiger partial charge >= 0.3 is 0 Å². The fourth-order valence-corrected chi connectivity index (χ4v) is 4.64.